The molecule has 0 bridgehead atoms. The molecule has 0 saturated heterocycles. The van der Waals surface area contributed by atoms with Gasteiger partial charge in [0.15, 0.2) is 0 Å². The second-order valence-corrected chi connectivity index (χ2v) is 4.41. The fraction of sp³-hybridized carbons (Fsp3) is 0.0714. The molecular weight excluding hydrogens is 307 g/mol. The van der Waals surface area contributed by atoms with Crippen LogP contribution < -0.4 is 10.1 Å². The lowest BCUT2D eigenvalue weighted by molar-refractivity contribution is -0.274. The third-order valence-corrected chi connectivity index (χ3v) is 2.91. The van der Waals surface area contributed by atoms with Crippen LogP contribution in [0, 0.1) is 0 Å². The number of nitrogens with one attached hydrogen (secondary N) is 1. The van der Waals surface area contributed by atoms with E-state index in [1.54, 1.807) is 6.07 Å². The van der Waals surface area contributed by atoms with Crippen LogP contribution in [0.2, 0.25) is 5.02 Å². The third-order valence-electron chi connectivity index (χ3n) is 2.60. The first-order chi connectivity index (χ1) is 9.90. The molecule has 1 amide bonds. The molecule has 0 aliphatic rings. The maximum atomic E-state index is 12.4. The number of anilines is 1. The Labute approximate surface area is 123 Å². The first-order valence-electron chi connectivity index (χ1n) is 5.75. The zero-order valence-electron chi connectivity index (χ0n) is 10.4. The van der Waals surface area contributed by atoms with E-state index in [9.17, 15) is 18.0 Å². The number of carbonyl (C=O) groups excluding carboxylic acids is 1. The van der Waals surface area contributed by atoms with E-state index in [0.29, 0.717) is 17.7 Å². The predicted molar refractivity (Wildman–Crippen MR) is 73.3 cm³/mol. The highest BCUT2D eigenvalue weighted by molar-refractivity contribution is 6.33. The molecule has 7 heteroatoms. The lowest BCUT2D eigenvalue weighted by Gasteiger charge is -2.14. The number of benzene rings is 2. The molecule has 2 rings (SSSR count). The van der Waals surface area contributed by atoms with Gasteiger partial charge < -0.3 is 10.1 Å². The van der Waals surface area contributed by atoms with Gasteiger partial charge in [-0.25, -0.2) is 0 Å². The van der Waals surface area contributed by atoms with Crippen molar-refractivity contribution in [3.05, 3.63) is 47.5 Å². The standard InChI is InChI=1S/C14H9ClF3NO2/c15-12-7-9(19-8-20)5-6-10(12)11-3-1-2-4-13(11)21-14(16,17)18/h1-8H,(H,19,20). The summed E-state index contributed by atoms with van der Waals surface area (Å²) < 4.78 is 41.2. The smallest absolute Gasteiger partial charge is 0.405 e. The molecule has 2 aromatic carbocycles. The third kappa shape index (κ3) is 3.88. The van der Waals surface area contributed by atoms with E-state index in [2.05, 4.69) is 10.1 Å². The van der Waals surface area contributed by atoms with Gasteiger partial charge in [-0.15, -0.1) is 13.2 Å². The Kier molecular flexibility index (Phi) is 4.37. The van der Waals surface area contributed by atoms with Crippen LogP contribution in [-0.4, -0.2) is 12.8 Å². The predicted octanol–water partition coefficient (Wildman–Crippen LogP) is 4.47. The SMILES string of the molecule is O=CNc1ccc(-c2ccccc2OC(F)(F)F)c(Cl)c1. The average molecular weight is 316 g/mol. The van der Waals surface area contributed by atoms with E-state index in [1.807, 2.05) is 0 Å². The molecule has 0 aliphatic heterocycles. The molecule has 2 aromatic rings. The molecule has 0 fully saturated rings. The molecule has 0 radical (unpaired) electrons. The molecule has 21 heavy (non-hydrogen) atoms. The lowest BCUT2D eigenvalue weighted by atomic mass is 10.0. The fourth-order valence-electron chi connectivity index (χ4n) is 1.79. The van der Waals surface area contributed by atoms with E-state index in [0.717, 1.165) is 0 Å². The van der Waals surface area contributed by atoms with Gasteiger partial charge in [0.1, 0.15) is 5.75 Å². The van der Waals surface area contributed by atoms with Crippen LogP contribution in [-0.2, 0) is 4.79 Å². The number of rotatable bonds is 4. The number of hydrogen-bond acceptors (Lipinski definition) is 2. The number of halogens is 4. The lowest BCUT2D eigenvalue weighted by Crippen LogP contribution is -2.17. The van der Waals surface area contributed by atoms with Crippen LogP contribution in [0.15, 0.2) is 42.5 Å². The summed E-state index contributed by atoms with van der Waals surface area (Å²) in [6.45, 7) is 0. The highest BCUT2D eigenvalue weighted by Gasteiger charge is 2.32. The van der Waals surface area contributed by atoms with Crippen molar-refractivity contribution in [2.75, 3.05) is 5.32 Å². The van der Waals surface area contributed by atoms with Gasteiger partial charge in [-0.1, -0.05) is 35.9 Å². The Morgan fingerprint density at radius 1 is 1.10 bits per heavy atom. The zero-order chi connectivity index (χ0) is 15.5. The highest BCUT2D eigenvalue weighted by Crippen LogP contribution is 2.38. The van der Waals surface area contributed by atoms with Crippen LogP contribution in [0.5, 0.6) is 5.75 Å². The van der Waals surface area contributed by atoms with Crippen LogP contribution in [0.1, 0.15) is 0 Å². The summed E-state index contributed by atoms with van der Waals surface area (Å²) in [6.07, 6.45) is -4.31. The molecule has 1 N–H and O–H groups in total. The summed E-state index contributed by atoms with van der Waals surface area (Å²) in [5.74, 6) is -0.344. The maximum Gasteiger partial charge on any atom is 0.573 e. The number of alkyl halides is 3. The van der Waals surface area contributed by atoms with Crippen LogP contribution in [0.3, 0.4) is 0 Å². The Hall–Kier alpha value is -2.21. The summed E-state index contributed by atoms with van der Waals surface area (Å²) in [5, 5.41) is 2.60. The van der Waals surface area contributed by atoms with Gasteiger partial charge in [-0.2, -0.15) is 0 Å². The number of hydrogen-bond donors (Lipinski definition) is 1. The monoisotopic (exact) mass is 315 g/mol. The first kappa shape index (κ1) is 15.2. The Morgan fingerprint density at radius 3 is 2.43 bits per heavy atom. The molecule has 3 nitrogen and oxygen atoms in total. The van der Waals surface area contributed by atoms with Crippen molar-refractivity contribution in [1.29, 1.82) is 0 Å². The molecule has 0 unspecified atom stereocenters. The first-order valence-corrected chi connectivity index (χ1v) is 6.13. The van der Waals surface area contributed by atoms with Crippen molar-refractivity contribution in [2.24, 2.45) is 0 Å². The summed E-state index contributed by atoms with van der Waals surface area (Å²) in [6, 6.07) is 10.2. The molecular formula is C14H9ClF3NO2. The minimum Gasteiger partial charge on any atom is -0.405 e. The van der Waals surface area contributed by atoms with Crippen LogP contribution in [0.4, 0.5) is 18.9 Å². The van der Waals surface area contributed by atoms with E-state index in [1.165, 1.54) is 36.4 Å². The van der Waals surface area contributed by atoms with Crippen molar-refractivity contribution in [1.82, 2.24) is 0 Å². The minimum atomic E-state index is -4.79. The molecule has 0 heterocycles. The van der Waals surface area contributed by atoms with Crippen molar-refractivity contribution in [3.8, 4) is 16.9 Å². The van der Waals surface area contributed by atoms with E-state index in [-0.39, 0.29) is 16.3 Å². The second-order valence-electron chi connectivity index (χ2n) is 4.00. The summed E-state index contributed by atoms with van der Waals surface area (Å²) >= 11 is 6.05. The van der Waals surface area contributed by atoms with E-state index in [4.69, 9.17) is 11.6 Å². The molecule has 110 valence electrons. The Balaban J connectivity index is 2.45. The Morgan fingerprint density at radius 2 is 1.81 bits per heavy atom. The van der Waals surface area contributed by atoms with Gasteiger partial charge in [-0.3, -0.25) is 4.79 Å². The topological polar surface area (TPSA) is 38.3 Å². The minimum absolute atomic E-state index is 0.195. The summed E-state index contributed by atoms with van der Waals surface area (Å²) in [4.78, 5) is 10.4. The molecule has 0 atom stereocenters. The van der Waals surface area contributed by atoms with Crippen molar-refractivity contribution < 1.29 is 22.7 Å². The average Bonchev–Trinajstić information content (AvgIpc) is 2.39. The highest BCUT2D eigenvalue weighted by atomic mass is 35.5. The van der Waals surface area contributed by atoms with Gasteiger partial charge in [0.2, 0.25) is 6.41 Å². The van der Waals surface area contributed by atoms with Gasteiger partial charge in [0.05, 0.1) is 5.02 Å². The van der Waals surface area contributed by atoms with E-state index < -0.39 is 6.36 Å². The number of amides is 1. The van der Waals surface area contributed by atoms with Crippen molar-refractivity contribution >= 4 is 23.7 Å². The fourth-order valence-corrected chi connectivity index (χ4v) is 2.08. The summed E-state index contributed by atoms with van der Waals surface area (Å²) in [7, 11) is 0. The van der Waals surface area contributed by atoms with Crippen molar-refractivity contribution in [3.63, 3.8) is 0 Å². The molecule has 0 aromatic heterocycles. The van der Waals surface area contributed by atoms with Crippen LogP contribution in [0.25, 0.3) is 11.1 Å². The summed E-state index contributed by atoms with van der Waals surface area (Å²) in [5.41, 5.74) is 1.01. The number of carbonyl (C=O) groups is 1. The normalized spacial score (nSPS) is 11.0. The van der Waals surface area contributed by atoms with Gasteiger partial charge in [0, 0.05) is 16.8 Å². The number of ether oxygens (including phenoxy) is 1. The molecule has 0 spiro atoms. The second kappa shape index (κ2) is 6.05. The quantitative estimate of drug-likeness (QED) is 0.845. The van der Waals surface area contributed by atoms with Gasteiger partial charge in [0.25, 0.3) is 0 Å². The van der Waals surface area contributed by atoms with Gasteiger partial charge >= 0.3 is 6.36 Å². The van der Waals surface area contributed by atoms with E-state index >= 15 is 0 Å². The largest absolute Gasteiger partial charge is 0.573 e. The molecule has 0 saturated carbocycles. The Bertz CT molecular complexity index is 659. The van der Waals surface area contributed by atoms with Crippen LogP contribution >= 0.6 is 11.6 Å². The number of para-hydroxylation sites is 1. The zero-order valence-corrected chi connectivity index (χ0v) is 11.2. The molecule has 0 aliphatic carbocycles. The maximum absolute atomic E-state index is 12.4. The van der Waals surface area contributed by atoms with Gasteiger partial charge in [-0.05, 0) is 18.2 Å². The van der Waals surface area contributed by atoms with Crippen molar-refractivity contribution in [2.45, 2.75) is 6.36 Å².